The maximum absolute atomic E-state index is 4.68. The predicted molar refractivity (Wildman–Crippen MR) is 21.8 cm³/mol. The third-order valence-electron chi connectivity index (χ3n) is 0.626. The largest absolute Gasteiger partial charge is 0.349 e. The van der Waals surface area contributed by atoms with Crippen molar-refractivity contribution in [3.8, 4) is 0 Å². The Kier molecular flexibility index (Phi) is 1.09. The van der Waals surface area contributed by atoms with Crippen molar-refractivity contribution in [2.75, 3.05) is 6.51 Å². The quantitative estimate of drug-likeness (QED) is 0.408. The zero-order valence-corrected chi connectivity index (χ0v) is 3.60. The molecule has 0 amide bonds. The van der Waals surface area contributed by atoms with E-state index in [1.165, 1.54) is 0 Å². The summed E-state index contributed by atoms with van der Waals surface area (Å²) < 4.78 is 4.68. The Hall–Kier alpha value is -0.0551. The van der Waals surface area contributed by atoms with Gasteiger partial charge in [0.05, 0.1) is 6.51 Å². The third-order valence-corrected chi connectivity index (χ3v) is 0.626. The van der Waals surface area contributed by atoms with Crippen LogP contribution in [0.25, 0.3) is 0 Å². The normalized spacial score (nSPS) is 22.5. The molecule has 0 radical (unpaired) electrons. The van der Waals surface area contributed by atoms with E-state index in [0.717, 1.165) is 0 Å². The van der Waals surface area contributed by atoms with Crippen LogP contribution in [0.2, 0.25) is 6.82 Å². The summed E-state index contributed by atoms with van der Waals surface area (Å²) in [6.45, 7) is 2.80. The van der Waals surface area contributed by atoms with E-state index in [2.05, 4.69) is 15.2 Å². The number of hydrogen-bond acceptors (Lipinski definition) is 3. The average molecular weight is 86.9 g/mol. The van der Waals surface area contributed by atoms with E-state index < -0.39 is 0 Å². The third kappa shape index (κ3) is 0.709. The van der Waals surface area contributed by atoms with Gasteiger partial charge in [0.1, 0.15) is 0 Å². The highest BCUT2D eigenvalue weighted by Gasteiger charge is 2.14. The van der Waals surface area contributed by atoms with E-state index in [0.29, 0.717) is 6.51 Å². The van der Waals surface area contributed by atoms with Gasteiger partial charge in [0.25, 0.3) is 0 Å². The second-order valence-corrected chi connectivity index (χ2v) is 1.32. The molecule has 1 heterocycles. The molecule has 1 aliphatic rings. The summed E-state index contributed by atoms with van der Waals surface area (Å²) in [4.78, 5) is 4.58. The second-order valence-electron chi connectivity index (χ2n) is 1.32. The first kappa shape index (κ1) is 4.11. The Labute approximate surface area is 36.6 Å². The summed E-state index contributed by atoms with van der Waals surface area (Å²) in [6.07, 6.45) is 0. The molecule has 0 aliphatic carbocycles. The first-order valence-electron chi connectivity index (χ1n) is 1.92. The molecule has 0 bridgehead atoms. The van der Waals surface area contributed by atoms with Crippen LogP contribution in [0.3, 0.4) is 0 Å². The molecule has 0 atom stereocenters. The van der Waals surface area contributed by atoms with Crippen molar-refractivity contribution in [3.63, 3.8) is 0 Å². The number of hydrogen-bond donors (Lipinski definition) is 1. The Balaban J connectivity index is 2.18. The van der Waals surface area contributed by atoms with Crippen LogP contribution in [-0.4, -0.2) is 13.4 Å². The zero-order chi connectivity index (χ0) is 4.41. The summed E-state index contributed by atoms with van der Waals surface area (Å²) in [5.74, 6) is 0. The van der Waals surface area contributed by atoms with E-state index in [-0.39, 0.29) is 6.92 Å². The van der Waals surface area contributed by atoms with Gasteiger partial charge < -0.3 is 4.76 Å². The van der Waals surface area contributed by atoms with Crippen LogP contribution in [0.4, 0.5) is 0 Å². The molecule has 0 spiro atoms. The lowest BCUT2D eigenvalue weighted by Crippen LogP contribution is -2.10. The first-order valence-corrected chi connectivity index (χ1v) is 1.92. The summed E-state index contributed by atoms with van der Waals surface area (Å²) in [5, 5.41) is 0. The predicted octanol–water partition coefficient (Wildman–Crippen LogP) is -0.387. The van der Waals surface area contributed by atoms with Gasteiger partial charge in [-0.2, -0.15) is 0 Å². The van der Waals surface area contributed by atoms with Gasteiger partial charge in [-0.1, -0.05) is 12.5 Å². The van der Waals surface area contributed by atoms with E-state index in [4.69, 9.17) is 0 Å². The number of rotatable bonds is 0. The van der Waals surface area contributed by atoms with Gasteiger partial charge >= 0.3 is 6.92 Å². The van der Waals surface area contributed by atoms with Crippen LogP contribution in [0.5, 0.6) is 0 Å². The van der Waals surface area contributed by atoms with Crippen LogP contribution >= 0.6 is 0 Å². The van der Waals surface area contributed by atoms with Crippen molar-refractivity contribution in [2.24, 2.45) is 0 Å². The maximum Gasteiger partial charge on any atom is 0.349 e. The molecular formula is C2H6BNO2. The lowest BCUT2D eigenvalue weighted by Gasteiger charge is -1.85. The van der Waals surface area contributed by atoms with Crippen molar-refractivity contribution in [2.45, 2.75) is 6.82 Å². The Morgan fingerprint density at radius 3 is 2.83 bits per heavy atom. The molecule has 34 valence electrons. The molecule has 1 rings (SSSR count). The Bertz CT molecular complexity index is 44.8. The van der Waals surface area contributed by atoms with Crippen molar-refractivity contribution < 1.29 is 9.59 Å². The molecule has 3 nitrogen and oxygen atoms in total. The van der Waals surface area contributed by atoms with Crippen LogP contribution in [-0.2, 0) is 9.59 Å². The molecule has 0 aromatic rings. The van der Waals surface area contributed by atoms with Gasteiger partial charge in [-0.25, -0.2) is 0 Å². The summed E-state index contributed by atoms with van der Waals surface area (Å²) in [5.41, 5.74) is 2.27. The molecule has 1 N–H and O–H groups in total. The van der Waals surface area contributed by atoms with Gasteiger partial charge in [-0.3, -0.25) is 4.84 Å². The van der Waals surface area contributed by atoms with Gasteiger partial charge in [-0.05, 0) is 0 Å². The fraction of sp³-hybridized carbons (Fsp3) is 1.00. The van der Waals surface area contributed by atoms with Gasteiger partial charge in [0.15, 0.2) is 0 Å². The molecular weight excluding hydrogens is 80.8 g/mol. The standard InChI is InChI=1S/C2H6BNO2/c1-3-2-5-4-6-3/h4H,2H2,1H3. The molecule has 0 saturated carbocycles. The minimum atomic E-state index is 0.213. The monoisotopic (exact) mass is 87.0 g/mol. The molecule has 0 aromatic carbocycles. The smallest absolute Gasteiger partial charge is 0.339 e. The summed E-state index contributed by atoms with van der Waals surface area (Å²) in [7, 11) is 0. The van der Waals surface area contributed by atoms with E-state index in [1.54, 1.807) is 0 Å². The van der Waals surface area contributed by atoms with Crippen molar-refractivity contribution in [1.29, 1.82) is 0 Å². The summed E-state index contributed by atoms with van der Waals surface area (Å²) in [6, 6.07) is 0. The van der Waals surface area contributed by atoms with E-state index >= 15 is 0 Å². The minimum absolute atomic E-state index is 0.213. The van der Waals surface area contributed by atoms with Crippen LogP contribution < -0.4 is 5.64 Å². The first-order chi connectivity index (χ1) is 2.89. The highest BCUT2D eigenvalue weighted by molar-refractivity contribution is 6.50. The lowest BCUT2D eigenvalue weighted by molar-refractivity contribution is -0.0459. The van der Waals surface area contributed by atoms with Gasteiger partial charge in [0.2, 0.25) is 0 Å². The van der Waals surface area contributed by atoms with Gasteiger partial charge in [0, 0.05) is 0 Å². The SMILES string of the molecule is CB1CONO1. The van der Waals surface area contributed by atoms with Crippen molar-refractivity contribution >= 4 is 6.92 Å². The molecule has 1 aliphatic heterocycles. The summed E-state index contributed by atoms with van der Waals surface area (Å²) >= 11 is 0. The minimum Gasteiger partial charge on any atom is -0.339 e. The maximum atomic E-state index is 4.68. The molecule has 0 aromatic heterocycles. The van der Waals surface area contributed by atoms with Crippen LogP contribution in [0.15, 0.2) is 0 Å². The molecule has 6 heavy (non-hydrogen) atoms. The highest BCUT2D eigenvalue weighted by Crippen LogP contribution is 1.88. The molecule has 4 heteroatoms. The number of nitrogens with one attached hydrogen (secondary N) is 1. The van der Waals surface area contributed by atoms with E-state index in [9.17, 15) is 0 Å². The average Bonchev–Trinajstić information content (AvgIpc) is 1.86. The van der Waals surface area contributed by atoms with Gasteiger partial charge in [-0.15, -0.1) is 0 Å². The highest BCUT2D eigenvalue weighted by atomic mass is 16.9. The Morgan fingerprint density at radius 2 is 2.67 bits per heavy atom. The Morgan fingerprint density at radius 1 is 1.83 bits per heavy atom. The zero-order valence-electron chi connectivity index (χ0n) is 3.60. The topological polar surface area (TPSA) is 30.5 Å². The fourth-order valence-electron chi connectivity index (χ4n) is 0.302. The fourth-order valence-corrected chi connectivity index (χ4v) is 0.302. The molecule has 1 saturated heterocycles. The van der Waals surface area contributed by atoms with Crippen molar-refractivity contribution in [1.82, 2.24) is 5.64 Å². The van der Waals surface area contributed by atoms with E-state index in [1.807, 2.05) is 6.82 Å². The van der Waals surface area contributed by atoms with Crippen LogP contribution in [0.1, 0.15) is 0 Å². The molecule has 1 fully saturated rings. The van der Waals surface area contributed by atoms with Crippen LogP contribution in [0, 0.1) is 0 Å². The van der Waals surface area contributed by atoms with Crippen molar-refractivity contribution in [3.05, 3.63) is 0 Å². The second kappa shape index (κ2) is 1.60. The lowest BCUT2D eigenvalue weighted by atomic mass is 9.74. The molecule has 0 unspecified atom stereocenters.